The highest BCUT2D eigenvalue weighted by atomic mass is 32.2. The Labute approximate surface area is 145 Å². The van der Waals surface area contributed by atoms with E-state index in [0.717, 1.165) is 37.0 Å². The van der Waals surface area contributed by atoms with Gasteiger partial charge < -0.3 is 9.47 Å². The van der Waals surface area contributed by atoms with Gasteiger partial charge in [0.1, 0.15) is 0 Å². The Morgan fingerprint density at radius 3 is 3.00 bits per heavy atom. The van der Waals surface area contributed by atoms with Crippen molar-refractivity contribution in [3.63, 3.8) is 0 Å². The van der Waals surface area contributed by atoms with Gasteiger partial charge in [-0.2, -0.15) is 0 Å². The summed E-state index contributed by atoms with van der Waals surface area (Å²) in [5.74, 6) is 0.805. The van der Waals surface area contributed by atoms with Gasteiger partial charge in [0, 0.05) is 18.6 Å². The zero-order chi connectivity index (χ0) is 15.7. The van der Waals surface area contributed by atoms with Gasteiger partial charge in [-0.05, 0) is 44.7 Å². The van der Waals surface area contributed by atoms with Crippen LogP contribution in [0.5, 0.6) is 0 Å². The lowest BCUT2D eigenvalue weighted by molar-refractivity contribution is -0.268. The van der Waals surface area contributed by atoms with Gasteiger partial charge in [-0.1, -0.05) is 23.9 Å². The maximum atomic E-state index is 6.35. The lowest BCUT2D eigenvalue weighted by Crippen LogP contribution is -2.40. The number of ether oxygens (including phenoxy) is 2. The summed E-state index contributed by atoms with van der Waals surface area (Å²) < 4.78 is 14.9. The average Bonchev–Trinajstić information content (AvgIpc) is 3.11. The van der Waals surface area contributed by atoms with Crippen LogP contribution < -0.4 is 0 Å². The van der Waals surface area contributed by atoms with Gasteiger partial charge in [0.15, 0.2) is 10.1 Å². The van der Waals surface area contributed by atoms with Gasteiger partial charge in [-0.25, -0.2) is 4.98 Å². The molecule has 2 aromatic rings. The van der Waals surface area contributed by atoms with E-state index in [4.69, 9.17) is 14.5 Å². The first-order valence-corrected chi connectivity index (χ1v) is 10.4. The molecule has 2 fully saturated rings. The van der Waals surface area contributed by atoms with Crippen molar-refractivity contribution < 1.29 is 9.47 Å². The Kier molecular flexibility index (Phi) is 4.63. The lowest BCUT2D eigenvalue weighted by atomic mass is 9.97. The van der Waals surface area contributed by atoms with E-state index in [1.807, 2.05) is 11.8 Å². The minimum Gasteiger partial charge on any atom is -0.347 e. The van der Waals surface area contributed by atoms with Gasteiger partial charge >= 0.3 is 0 Å². The smallest absolute Gasteiger partial charge is 0.169 e. The van der Waals surface area contributed by atoms with Crippen molar-refractivity contribution in [3.8, 4) is 0 Å². The van der Waals surface area contributed by atoms with Crippen molar-refractivity contribution in [2.75, 3.05) is 5.75 Å². The molecule has 0 radical (unpaired) electrons. The van der Waals surface area contributed by atoms with E-state index in [0.29, 0.717) is 12.2 Å². The predicted octanol–water partition coefficient (Wildman–Crippen LogP) is 5.24. The molecule has 2 aliphatic rings. The molecular weight excluding hydrogens is 326 g/mol. The lowest BCUT2D eigenvalue weighted by Gasteiger charge is -2.38. The van der Waals surface area contributed by atoms with Crippen LogP contribution in [0, 0.1) is 0 Å². The van der Waals surface area contributed by atoms with Crippen LogP contribution in [0.4, 0.5) is 0 Å². The molecule has 1 spiro atoms. The maximum Gasteiger partial charge on any atom is 0.169 e. The SMILES string of the molecule is C[C@H]1CC[C@]2(CCC[C@@H](CCSc3nc4ccccc4s3)O2)O1. The van der Waals surface area contributed by atoms with Gasteiger partial charge in [0.05, 0.1) is 22.4 Å². The van der Waals surface area contributed by atoms with Crippen LogP contribution in [-0.2, 0) is 9.47 Å². The van der Waals surface area contributed by atoms with Crippen LogP contribution in [0.3, 0.4) is 0 Å². The number of hydrogen-bond donors (Lipinski definition) is 0. The monoisotopic (exact) mass is 349 g/mol. The molecule has 23 heavy (non-hydrogen) atoms. The van der Waals surface area contributed by atoms with Crippen molar-refractivity contribution in [1.82, 2.24) is 4.98 Å². The topological polar surface area (TPSA) is 31.4 Å². The summed E-state index contributed by atoms with van der Waals surface area (Å²) in [5, 5.41) is 0. The van der Waals surface area contributed by atoms with Gasteiger partial charge in [-0.3, -0.25) is 0 Å². The van der Waals surface area contributed by atoms with E-state index < -0.39 is 0 Å². The second-order valence-electron chi connectivity index (χ2n) is 6.59. The van der Waals surface area contributed by atoms with E-state index in [9.17, 15) is 0 Å². The summed E-state index contributed by atoms with van der Waals surface area (Å²) in [6, 6.07) is 8.35. The van der Waals surface area contributed by atoms with Crippen molar-refractivity contribution >= 4 is 33.3 Å². The van der Waals surface area contributed by atoms with Crippen molar-refractivity contribution in [3.05, 3.63) is 24.3 Å². The molecule has 5 heteroatoms. The van der Waals surface area contributed by atoms with Crippen molar-refractivity contribution in [2.24, 2.45) is 0 Å². The minimum atomic E-state index is -0.261. The molecule has 2 aliphatic heterocycles. The Balaban J connectivity index is 1.30. The molecule has 0 N–H and O–H groups in total. The first-order chi connectivity index (χ1) is 11.2. The minimum absolute atomic E-state index is 0.261. The summed E-state index contributed by atoms with van der Waals surface area (Å²) in [4.78, 5) is 4.69. The second kappa shape index (κ2) is 6.71. The molecule has 1 aromatic heterocycles. The average molecular weight is 350 g/mol. The first-order valence-electron chi connectivity index (χ1n) is 8.56. The summed E-state index contributed by atoms with van der Waals surface area (Å²) in [7, 11) is 0. The van der Waals surface area contributed by atoms with E-state index >= 15 is 0 Å². The number of para-hydroxylation sites is 1. The Bertz CT molecular complexity index is 637. The number of aromatic nitrogens is 1. The molecule has 4 rings (SSSR count). The van der Waals surface area contributed by atoms with Crippen LogP contribution in [0.2, 0.25) is 0 Å². The largest absolute Gasteiger partial charge is 0.347 e. The Morgan fingerprint density at radius 2 is 2.17 bits per heavy atom. The number of rotatable bonds is 4. The molecule has 124 valence electrons. The highest BCUT2D eigenvalue weighted by Crippen LogP contribution is 2.41. The molecule has 3 heterocycles. The summed E-state index contributed by atoms with van der Waals surface area (Å²) in [6.07, 6.45) is 7.44. The number of fused-ring (bicyclic) bond motifs is 1. The Morgan fingerprint density at radius 1 is 1.26 bits per heavy atom. The fourth-order valence-electron chi connectivity index (χ4n) is 3.59. The van der Waals surface area contributed by atoms with Crippen LogP contribution >= 0.6 is 23.1 Å². The third kappa shape index (κ3) is 3.58. The van der Waals surface area contributed by atoms with E-state index in [-0.39, 0.29) is 5.79 Å². The standard InChI is InChI=1S/C18H23NO2S2/c1-13-8-11-18(20-13)10-4-5-14(21-18)9-12-22-17-19-15-6-2-3-7-16(15)23-17/h2-3,6-7,13-14H,4-5,8-12H2,1H3/t13-,14-,18+/m0/s1. The van der Waals surface area contributed by atoms with Crippen molar-refractivity contribution in [2.45, 2.75) is 67.8 Å². The van der Waals surface area contributed by atoms with E-state index in [1.54, 1.807) is 11.3 Å². The zero-order valence-electron chi connectivity index (χ0n) is 13.5. The third-order valence-electron chi connectivity index (χ3n) is 4.75. The first kappa shape index (κ1) is 15.9. The predicted molar refractivity (Wildman–Crippen MR) is 96.2 cm³/mol. The molecule has 2 saturated heterocycles. The number of thiazole rings is 1. The highest BCUT2D eigenvalue weighted by molar-refractivity contribution is 8.01. The van der Waals surface area contributed by atoms with Gasteiger partial charge in [-0.15, -0.1) is 11.3 Å². The molecule has 0 saturated carbocycles. The molecule has 0 aliphatic carbocycles. The molecule has 3 atom stereocenters. The fourth-order valence-corrected chi connectivity index (χ4v) is 5.76. The van der Waals surface area contributed by atoms with Crippen LogP contribution in [0.15, 0.2) is 28.6 Å². The number of hydrogen-bond acceptors (Lipinski definition) is 5. The number of thioether (sulfide) groups is 1. The van der Waals surface area contributed by atoms with Crippen LogP contribution in [0.25, 0.3) is 10.2 Å². The fraction of sp³-hybridized carbons (Fsp3) is 0.611. The van der Waals surface area contributed by atoms with Crippen LogP contribution in [-0.4, -0.2) is 28.7 Å². The number of benzene rings is 1. The highest BCUT2D eigenvalue weighted by Gasteiger charge is 2.43. The van der Waals surface area contributed by atoms with E-state index in [1.165, 1.54) is 21.9 Å². The normalized spacial score (nSPS) is 31.2. The maximum absolute atomic E-state index is 6.35. The van der Waals surface area contributed by atoms with E-state index in [2.05, 4.69) is 31.2 Å². The van der Waals surface area contributed by atoms with Crippen molar-refractivity contribution in [1.29, 1.82) is 0 Å². The third-order valence-corrected chi connectivity index (χ3v) is 6.97. The molecule has 0 amide bonds. The second-order valence-corrected chi connectivity index (χ2v) is 8.97. The van der Waals surface area contributed by atoms with Gasteiger partial charge in [0.2, 0.25) is 0 Å². The zero-order valence-corrected chi connectivity index (χ0v) is 15.1. The van der Waals surface area contributed by atoms with Crippen LogP contribution in [0.1, 0.15) is 45.4 Å². The molecule has 0 unspecified atom stereocenters. The summed E-state index contributed by atoms with van der Waals surface area (Å²) >= 11 is 3.65. The quantitative estimate of drug-likeness (QED) is 0.706. The summed E-state index contributed by atoms with van der Waals surface area (Å²) in [5.41, 5.74) is 1.11. The Hall–Kier alpha value is -0.620. The summed E-state index contributed by atoms with van der Waals surface area (Å²) in [6.45, 7) is 2.16. The molecular formula is C18H23NO2S2. The molecule has 3 nitrogen and oxygen atoms in total. The van der Waals surface area contributed by atoms with Gasteiger partial charge in [0.25, 0.3) is 0 Å². The molecule has 1 aromatic carbocycles. The molecule has 0 bridgehead atoms. The number of nitrogens with zero attached hydrogens (tertiary/aromatic N) is 1.